The lowest BCUT2D eigenvalue weighted by Crippen LogP contribution is -2.31. The normalized spacial score (nSPS) is 15.6. The molecule has 2 amide bonds. The van der Waals surface area contributed by atoms with Crippen LogP contribution in [0.5, 0.6) is 5.75 Å². The summed E-state index contributed by atoms with van der Waals surface area (Å²) in [5.41, 5.74) is 16.1. The molecule has 0 saturated carbocycles. The van der Waals surface area contributed by atoms with Gasteiger partial charge < -0.3 is 31.6 Å². The number of nitrogen functional groups attached to an aromatic ring is 1. The maximum atomic E-state index is 12.7. The Balaban J connectivity index is 1.49. The zero-order valence-corrected chi connectivity index (χ0v) is 22.6. The van der Waals surface area contributed by atoms with Crippen molar-refractivity contribution in [3.05, 3.63) is 52.0 Å². The van der Waals surface area contributed by atoms with Crippen molar-refractivity contribution < 1.29 is 19.1 Å². The molecule has 0 bridgehead atoms. The minimum absolute atomic E-state index is 0.0807. The predicted octanol–water partition coefficient (Wildman–Crippen LogP) is 4.06. The molecule has 10 heteroatoms. The SMILES string of the molecule is CCOc1ccccc1CCC(=O)Nc1sc2c(c1N)CCC(COC(=O)NCC(C=C(C)N)=NC)C2. The molecule has 0 saturated heterocycles. The van der Waals surface area contributed by atoms with Gasteiger partial charge in [-0.05, 0) is 68.7 Å². The Hall–Kier alpha value is -3.53. The van der Waals surface area contributed by atoms with Gasteiger partial charge in [0.25, 0.3) is 0 Å². The number of amides is 2. The molecule has 0 spiro atoms. The fourth-order valence-electron chi connectivity index (χ4n) is 4.22. The summed E-state index contributed by atoms with van der Waals surface area (Å²) in [7, 11) is 1.65. The molecule has 9 nitrogen and oxygen atoms in total. The largest absolute Gasteiger partial charge is 0.494 e. The number of ether oxygens (including phenoxy) is 2. The van der Waals surface area contributed by atoms with Crippen molar-refractivity contribution in [3.8, 4) is 5.75 Å². The Morgan fingerprint density at radius 3 is 2.81 bits per heavy atom. The molecule has 1 atom stereocenters. The van der Waals surface area contributed by atoms with E-state index < -0.39 is 6.09 Å². The quantitative estimate of drug-likeness (QED) is 0.325. The Morgan fingerprint density at radius 2 is 2.08 bits per heavy atom. The van der Waals surface area contributed by atoms with Crippen LogP contribution in [-0.2, 0) is 28.8 Å². The zero-order chi connectivity index (χ0) is 26.8. The van der Waals surface area contributed by atoms with E-state index in [1.54, 1.807) is 20.0 Å². The van der Waals surface area contributed by atoms with Crippen LogP contribution >= 0.6 is 11.3 Å². The molecule has 1 aromatic carbocycles. The molecule has 0 fully saturated rings. The first kappa shape index (κ1) is 28.0. The standard InChI is InChI=1S/C27H37N5O4S/c1-4-35-22-8-6-5-7-19(22)10-12-24(33)32-26-25(29)21-11-9-18(14-23(21)37-26)16-36-27(34)31-15-20(30-3)13-17(2)28/h5-8,13,18H,4,9-12,14-16,28-29H2,1-3H3,(H,31,34)(H,32,33). The van der Waals surface area contributed by atoms with Crippen LogP contribution in [0.25, 0.3) is 0 Å². The van der Waals surface area contributed by atoms with Crippen molar-refractivity contribution in [2.75, 3.05) is 37.9 Å². The summed E-state index contributed by atoms with van der Waals surface area (Å²) < 4.78 is 11.1. The monoisotopic (exact) mass is 527 g/mol. The van der Waals surface area contributed by atoms with Crippen LogP contribution in [0, 0.1) is 5.92 Å². The number of nitrogens with two attached hydrogens (primary N) is 2. The van der Waals surface area contributed by atoms with E-state index >= 15 is 0 Å². The number of hydrogen-bond acceptors (Lipinski definition) is 8. The number of para-hydroxylation sites is 1. The number of hydrogen-bond donors (Lipinski definition) is 4. The summed E-state index contributed by atoms with van der Waals surface area (Å²) >= 11 is 1.51. The summed E-state index contributed by atoms with van der Waals surface area (Å²) in [6.45, 7) is 4.85. The lowest BCUT2D eigenvalue weighted by atomic mass is 9.89. The van der Waals surface area contributed by atoms with Crippen molar-refractivity contribution in [1.82, 2.24) is 5.32 Å². The number of carbonyl (C=O) groups is 2. The molecular formula is C27H37N5O4S. The Bertz CT molecular complexity index is 1150. The number of benzene rings is 1. The highest BCUT2D eigenvalue weighted by molar-refractivity contribution is 7.17. The maximum Gasteiger partial charge on any atom is 0.407 e. The highest BCUT2D eigenvalue weighted by Gasteiger charge is 2.26. The number of fused-ring (bicyclic) bond motifs is 1. The average Bonchev–Trinajstić information content (AvgIpc) is 3.18. The van der Waals surface area contributed by atoms with Crippen molar-refractivity contribution in [3.63, 3.8) is 0 Å². The summed E-state index contributed by atoms with van der Waals surface area (Å²) in [5, 5.41) is 6.39. The van der Waals surface area contributed by atoms with E-state index in [-0.39, 0.29) is 18.4 Å². The first-order valence-electron chi connectivity index (χ1n) is 12.5. The molecule has 6 N–H and O–H groups in total. The molecule has 1 aromatic heterocycles. The van der Waals surface area contributed by atoms with E-state index in [4.69, 9.17) is 20.9 Å². The van der Waals surface area contributed by atoms with Crippen molar-refractivity contribution in [2.24, 2.45) is 16.6 Å². The van der Waals surface area contributed by atoms with Gasteiger partial charge in [-0.2, -0.15) is 0 Å². The summed E-state index contributed by atoms with van der Waals surface area (Å²) in [6, 6.07) is 7.77. The van der Waals surface area contributed by atoms with Crippen LogP contribution in [-0.4, -0.2) is 44.5 Å². The van der Waals surface area contributed by atoms with Gasteiger partial charge in [0, 0.05) is 24.0 Å². The molecule has 1 aliphatic rings. The van der Waals surface area contributed by atoms with Gasteiger partial charge in [-0.1, -0.05) is 18.2 Å². The smallest absolute Gasteiger partial charge is 0.407 e. The highest BCUT2D eigenvalue weighted by Crippen LogP contribution is 2.41. The van der Waals surface area contributed by atoms with Gasteiger partial charge in [0.05, 0.1) is 31.2 Å². The number of nitrogens with one attached hydrogen (secondary N) is 2. The third-order valence-electron chi connectivity index (χ3n) is 6.10. The molecule has 1 aliphatic carbocycles. The van der Waals surface area contributed by atoms with Crippen molar-refractivity contribution >= 4 is 39.7 Å². The van der Waals surface area contributed by atoms with E-state index in [9.17, 15) is 9.59 Å². The Morgan fingerprint density at radius 1 is 1.30 bits per heavy atom. The summed E-state index contributed by atoms with van der Waals surface area (Å²) in [4.78, 5) is 30.0. The predicted molar refractivity (Wildman–Crippen MR) is 149 cm³/mol. The molecule has 0 aliphatic heterocycles. The van der Waals surface area contributed by atoms with E-state index in [1.165, 1.54) is 11.3 Å². The number of anilines is 2. The highest BCUT2D eigenvalue weighted by atomic mass is 32.1. The molecule has 200 valence electrons. The summed E-state index contributed by atoms with van der Waals surface area (Å²) in [5.74, 6) is 0.926. The van der Waals surface area contributed by atoms with Gasteiger partial charge in [0.1, 0.15) is 10.8 Å². The number of nitrogens with zero attached hydrogens (tertiary/aromatic N) is 1. The number of aliphatic imine (C=N–C) groups is 1. The number of aryl methyl sites for hydroxylation is 1. The number of alkyl carbamates (subject to hydrolysis) is 1. The molecule has 3 rings (SSSR count). The van der Waals surface area contributed by atoms with Gasteiger partial charge in [-0.25, -0.2) is 4.79 Å². The number of thiophene rings is 1. The second-order valence-electron chi connectivity index (χ2n) is 9.00. The summed E-state index contributed by atoms with van der Waals surface area (Å²) in [6.07, 6.45) is 4.55. The lowest BCUT2D eigenvalue weighted by Gasteiger charge is -2.22. The van der Waals surface area contributed by atoms with Crippen LogP contribution in [0.15, 0.2) is 41.0 Å². The van der Waals surface area contributed by atoms with Crippen molar-refractivity contribution in [1.29, 1.82) is 0 Å². The molecule has 0 radical (unpaired) electrons. The van der Waals surface area contributed by atoms with Crippen LogP contribution < -0.4 is 26.8 Å². The minimum atomic E-state index is -0.487. The maximum absolute atomic E-state index is 12.7. The average molecular weight is 528 g/mol. The van der Waals surface area contributed by atoms with Crippen LogP contribution in [0.1, 0.15) is 42.7 Å². The van der Waals surface area contributed by atoms with Gasteiger partial charge in [0.15, 0.2) is 0 Å². The zero-order valence-electron chi connectivity index (χ0n) is 21.8. The van der Waals surface area contributed by atoms with Gasteiger partial charge in [-0.15, -0.1) is 11.3 Å². The number of carbonyl (C=O) groups excluding carboxylic acids is 2. The fraction of sp³-hybridized carbons (Fsp3) is 0.444. The molecule has 1 unspecified atom stereocenters. The third-order valence-corrected chi connectivity index (χ3v) is 7.29. The van der Waals surface area contributed by atoms with Crippen LogP contribution in [0.2, 0.25) is 0 Å². The molecular weight excluding hydrogens is 490 g/mol. The topological polar surface area (TPSA) is 141 Å². The number of rotatable bonds is 11. The first-order valence-corrected chi connectivity index (χ1v) is 13.3. The van der Waals surface area contributed by atoms with E-state index in [1.807, 2.05) is 31.2 Å². The van der Waals surface area contributed by atoms with Crippen LogP contribution in [0.3, 0.4) is 0 Å². The van der Waals surface area contributed by atoms with E-state index in [0.717, 1.165) is 41.0 Å². The fourth-order valence-corrected chi connectivity index (χ4v) is 5.52. The van der Waals surface area contributed by atoms with Gasteiger partial charge >= 0.3 is 6.09 Å². The van der Waals surface area contributed by atoms with Crippen molar-refractivity contribution in [2.45, 2.75) is 46.0 Å². The molecule has 2 aromatic rings. The lowest BCUT2D eigenvalue weighted by molar-refractivity contribution is -0.116. The van der Waals surface area contributed by atoms with Crippen LogP contribution in [0.4, 0.5) is 15.5 Å². The Labute approximate surface area is 222 Å². The van der Waals surface area contributed by atoms with Gasteiger partial charge in [0.2, 0.25) is 5.91 Å². The third kappa shape index (κ3) is 8.24. The Kier molecular flexibility index (Phi) is 10.4. The minimum Gasteiger partial charge on any atom is -0.494 e. The second-order valence-corrected chi connectivity index (χ2v) is 10.1. The molecule has 1 heterocycles. The first-order chi connectivity index (χ1) is 17.8. The van der Waals surface area contributed by atoms with E-state index in [2.05, 4.69) is 15.6 Å². The van der Waals surface area contributed by atoms with E-state index in [0.29, 0.717) is 48.2 Å². The number of allylic oxidation sites excluding steroid dienone is 1. The molecule has 37 heavy (non-hydrogen) atoms. The second kappa shape index (κ2) is 13.7. The van der Waals surface area contributed by atoms with Gasteiger partial charge in [-0.3, -0.25) is 9.79 Å².